The number of hydrogen-bond donors (Lipinski definition) is 1. The maximum absolute atomic E-state index is 11.9. The highest BCUT2D eigenvalue weighted by Crippen LogP contribution is 2.15. The predicted molar refractivity (Wildman–Crippen MR) is 74.6 cm³/mol. The lowest BCUT2D eigenvalue weighted by molar-refractivity contribution is -0.163. The van der Waals surface area contributed by atoms with E-state index in [9.17, 15) is 14.4 Å². The van der Waals surface area contributed by atoms with E-state index in [0.717, 1.165) is 13.0 Å². The molecule has 0 radical (unpaired) electrons. The first-order valence-electron chi connectivity index (χ1n) is 6.62. The zero-order valence-corrected chi connectivity index (χ0v) is 12.1. The van der Waals surface area contributed by atoms with Crippen LogP contribution in [0, 0.1) is 5.92 Å². The lowest BCUT2D eigenvalue weighted by Crippen LogP contribution is -2.35. The van der Waals surface area contributed by atoms with Crippen molar-refractivity contribution in [2.24, 2.45) is 5.92 Å². The molecule has 108 valence electrons. The maximum Gasteiger partial charge on any atom is 0.330 e. The van der Waals surface area contributed by atoms with E-state index >= 15 is 0 Å². The number of Topliss-reactive ketones (excluding diaryl/α,β-unsaturated/α-hetero) is 1. The molecule has 2 heterocycles. The van der Waals surface area contributed by atoms with Crippen molar-refractivity contribution >= 4 is 29.1 Å². The van der Waals surface area contributed by atoms with Crippen LogP contribution in [0.4, 0.5) is 0 Å². The lowest BCUT2D eigenvalue weighted by Gasteiger charge is -2.12. The van der Waals surface area contributed by atoms with Crippen LogP contribution in [0.5, 0.6) is 0 Å². The molecule has 1 aromatic heterocycles. The first kappa shape index (κ1) is 14.9. The van der Waals surface area contributed by atoms with Crippen molar-refractivity contribution in [3.05, 3.63) is 22.4 Å². The SMILES string of the molecule is CC(CC(=O)c1ccsc1)C(=O)OC(=O)[C@@H]1CCCN1. The minimum Gasteiger partial charge on any atom is -0.392 e. The van der Waals surface area contributed by atoms with Gasteiger partial charge in [0.1, 0.15) is 6.04 Å². The number of rotatable bonds is 5. The summed E-state index contributed by atoms with van der Waals surface area (Å²) < 4.78 is 4.82. The first-order chi connectivity index (χ1) is 9.58. The van der Waals surface area contributed by atoms with E-state index < -0.39 is 23.9 Å². The van der Waals surface area contributed by atoms with Gasteiger partial charge < -0.3 is 10.1 Å². The Balaban J connectivity index is 1.82. The Hall–Kier alpha value is -1.53. The van der Waals surface area contributed by atoms with Crippen LogP contribution >= 0.6 is 11.3 Å². The van der Waals surface area contributed by atoms with Crippen molar-refractivity contribution < 1.29 is 19.1 Å². The number of esters is 2. The normalized spacial score (nSPS) is 19.6. The number of nitrogens with one attached hydrogen (secondary N) is 1. The zero-order chi connectivity index (χ0) is 14.5. The van der Waals surface area contributed by atoms with Gasteiger partial charge in [0.2, 0.25) is 0 Å². The summed E-state index contributed by atoms with van der Waals surface area (Å²) >= 11 is 1.43. The van der Waals surface area contributed by atoms with Crippen molar-refractivity contribution in [1.29, 1.82) is 0 Å². The van der Waals surface area contributed by atoms with Gasteiger partial charge in [0.15, 0.2) is 5.78 Å². The second kappa shape index (κ2) is 6.76. The maximum atomic E-state index is 11.9. The molecular formula is C14H17NO4S. The van der Waals surface area contributed by atoms with E-state index in [4.69, 9.17) is 4.74 Å². The van der Waals surface area contributed by atoms with E-state index in [-0.39, 0.29) is 12.2 Å². The molecule has 1 N–H and O–H groups in total. The summed E-state index contributed by atoms with van der Waals surface area (Å²) in [7, 11) is 0. The van der Waals surface area contributed by atoms with Gasteiger partial charge in [-0.05, 0) is 30.8 Å². The summed E-state index contributed by atoms with van der Waals surface area (Å²) in [5.74, 6) is -1.90. The molecule has 1 aromatic rings. The molecule has 0 bridgehead atoms. The Morgan fingerprint density at radius 2 is 2.30 bits per heavy atom. The molecule has 20 heavy (non-hydrogen) atoms. The third kappa shape index (κ3) is 3.74. The average Bonchev–Trinajstić information content (AvgIpc) is 3.11. The van der Waals surface area contributed by atoms with Gasteiger partial charge in [-0.25, -0.2) is 4.79 Å². The summed E-state index contributed by atoms with van der Waals surface area (Å²) in [6.07, 6.45) is 1.65. The van der Waals surface area contributed by atoms with E-state index in [2.05, 4.69) is 5.32 Å². The molecule has 0 saturated carbocycles. The summed E-state index contributed by atoms with van der Waals surface area (Å²) in [4.78, 5) is 35.3. The molecule has 2 rings (SSSR count). The third-order valence-corrected chi connectivity index (χ3v) is 3.97. The molecule has 1 saturated heterocycles. The second-order valence-corrected chi connectivity index (χ2v) is 5.71. The molecule has 0 aromatic carbocycles. The van der Waals surface area contributed by atoms with Crippen molar-refractivity contribution in [2.75, 3.05) is 6.54 Å². The Labute approximate surface area is 121 Å². The monoisotopic (exact) mass is 295 g/mol. The van der Waals surface area contributed by atoms with Gasteiger partial charge in [-0.2, -0.15) is 11.3 Å². The standard InChI is InChI=1S/C14H17NO4S/c1-9(7-12(16)10-4-6-20-8-10)13(17)19-14(18)11-3-2-5-15-11/h4,6,8-9,11,15H,2-3,5,7H2,1H3/t9?,11-/m0/s1. The fourth-order valence-corrected chi connectivity index (χ4v) is 2.72. The predicted octanol–water partition coefficient (Wildman–Crippen LogP) is 1.78. The molecule has 2 atom stereocenters. The van der Waals surface area contributed by atoms with Crippen molar-refractivity contribution in [3.63, 3.8) is 0 Å². The number of ketones is 1. The smallest absolute Gasteiger partial charge is 0.330 e. The average molecular weight is 295 g/mol. The highest BCUT2D eigenvalue weighted by molar-refractivity contribution is 7.08. The minimum absolute atomic E-state index is 0.0565. The molecule has 1 unspecified atom stereocenters. The van der Waals surface area contributed by atoms with E-state index in [1.165, 1.54) is 11.3 Å². The summed E-state index contributed by atoms with van der Waals surface area (Å²) in [5.41, 5.74) is 0.596. The van der Waals surface area contributed by atoms with Gasteiger partial charge in [0.25, 0.3) is 0 Å². The van der Waals surface area contributed by atoms with Crippen LogP contribution in [-0.4, -0.2) is 30.3 Å². The molecule has 0 aliphatic carbocycles. The van der Waals surface area contributed by atoms with Crippen molar-refractivity contribution in [3.8, 4) is 0 Å². The van der Waals surface area contributed by atoms with Gasteiger partial charge in [0.05, 0.1) is 5.92 Å². The molecule has 0 amide bonds. The van der Waals surface area contributed by atoms with Crippen LogP contribution in [0.3, 0.4) is 0 Å². The highest BCUT2D eigenvalue weighted by atomic mass is 32.1. The second-order valence-electron chi connectivity index (χ2n) is 4.93. The summed E-state index contributed by atoms with van der Waals surface area (Å²) in [6.45, 7) is 2.36. The number of hydrogen-bond acceptors (Lipinski definition) is 6. The number of carbonyl (C=O) groups excluding carboxylic acids is 3. The molecule has 5 nitrogen and oxygen atoms in total. The van der Waals surface area contributed by atoms with Crippen LogP contribution in [0.2, 0.25) is 0 Å². The zero-order valence-electron chi connectivity index (χ0n) is 11.3. The van der Waals surface area contributed by atoms with E-state index in [1.54, 1.807) is 18.4 Å². The fourth-order valence-electron chi connectivity index (χ4n) is 2.06. The minimum atomic E-state index is -0.632. The molecule has 6 heteroatoms. The van der Waals surface area contributed by atoms with Crippen molar-refractivity contribution in [2.45, 2.75) is 32.2 Å². The molecule has 1 aliphatic heterocycles. The van der Waals surface area contributed by atoms with Crippen LogP contribution in [0.1, 0.15) is 36.5 Å². The van der Waals surface area contributed by atoms with E-state index in [0.29, 0.717) is 12.0 Å². The van der Waals surface area contributed by atoms with Gasteiger partial charge in [-0.3, -0.25) is 9.59 Å². The largest absolute Gasteiger partial charge is 0.392 e. The quantitative estimate of drug-likeness (QED) is 0.509. The lowest BCUT2D eigenvalue weighted by atomic mass is 10.0. The van der Waals surface area contributed by atoms with E-state index in [1.807, 2.05) is 5.38 Å². The summed E-state index contributed by atoms with van der Waals surface area (Å²) in [5, 5.41) is 6.53. The fraction of sp³-hybridized carbons (Fsp3) is 0.500. The van der Waals surface area contributed by atoms with Crippen LogP contribution in [0.25, 0.3) is 0 Å². The number of thiophene rings is 1. The Morgan fingerprint density at radius 3 is 2.90 bits per heavy atom. The molecule has 0 spiro atoms. The topological polar surface area (TPSA) is 72.5 Å². The summed E-state index contributed by atoms with van der Waals surface area (Å²) in [6, 6.07) is 1.33. The van der Waals surface area contributed by atoms with Gasteiger partial charge >= 0.3 is 11.9 Å². The first-order valence-corrected chi connectivity index (χ1v) is 7.56. The van der Waals surface area contributed by atoms with Crippen LogP contribution in [0.15, 0.2) is 16.8 Å². The highest BCUT2D eigenvalue weighted by Gasteiger charge is 2.28. The van der Waals surface area contributed by atoms with Crippen LogP contribution in [-0.2, 0) is 14.3 Å². The van der Waals surface area contributed by atoms with Crippen LogP contribution < -0.4 is 5.32 Å². The Bertz CT molecular complexity index is 491. The van der Waals surface area contributed by atoms with Crippen molar-refractivity contribution in [1.82, 2.24) is 5.32 Å². The number of ether oxygens (including phenoxy) is 1. The van der Waals surface area contributed by atoms with Gasteiger partial charge in [0, 0.05) is 17.4 Å². The molecular weight excluding hydrogens is 278 g/mol. The third-order valence-electron chi connectivity index (χ3n) is 3.28. The molecule has 1 fully saturated rings. The number of carbonyl (C=O) groups is 3. The Morgan fingerprint density at radius 1 is 1.50 bits per heavy atom. The van der Waals surface area contributed by atoms with Gasteiger partial charge in [-0.1, -0.05) is 6.92 Å². The molecule has 1 aliphatic rings. The van der Waals surface area contributed by atoms with Gasteiger partial charge in [-0.15, -0.1) is 0 Å². The Kier molecular flexibility index (Phi) is 5.03.